The topological polar surface area (TPSA) is 84.9 Å². The molecule has 1 saturated heterocycles. The minimum Gasteiger partial charge on any atom is -0.491 e. The second-order valence-electron chi connectivity index (χ2n) is 9.27. The standard InChI is InChI=1S/C29H28N2O5/c1-18-5-6-19(2)26(14-18)31-28(33)24-12-9-21(15-25(24)29(31)34)27(32)30-16-20-7-10-22(11-8-20)36-17-23-4-3-13-35-23/h5-12,14-15,23H,3-4,13,16-17H2,1-2H3,(H,30,32). The molecule has 2 heterocycles. The van der Waals surface area contributed by atoms with Gasteiger partial charge in [-0.05, 0) is 79.8 Å². The third-order valence-electron chi connectivity index (χ3n) is 6.59. The third kappa shape index (κ3) is 4.75. The zero-order chi connectivity index (χ0) is 25.2. The quantitative estimate of drug-likeness (QED) is 0.496. The first-order chi connectivity index (χ1) is 17.4. The molecular formula is C29H28N2O5. The zero-order valence-electron chi connectivity index (χ0n) is 20.4. The molecule has 36 heavy (non-hydrogen) atoms. The van der Waals surface area contributed by atoms with Gasteiger partial charge in [0.1, 0.15) is 12.4 Å². The molecule has 0 bridgehead atoms. The molecule has 0 saturated carbocycles. The molecule has 5 rings (SSSR count). The number of ether oxygens (including phenoxy) is 2. The van der Waals surface area contributed by atoms with Gasteiger partial charge in [-0.15, -0.1) is 0 Å². The summed E-state index contributed by atoms with van der Waals surface area (Å²) in [6.45, 7) is 5.43. The average molecular weight is 485 g/mol. The zero-order valence-corrected chi connectivity index (χ0v) is 20.4. The lowest BCUT2D eigenvalue weighted by atomic mass is 10.1. The van der Waals surface area contributed by atoms with E-state index in [2.05, 4.69) is 5.32 Å². The first kappa shape index (κ1) is 23.8. The van der Waals surface area contributed by atoms with Gasteiger partial charge in [0.15, 0.2) is 0 Å². The molecule has 0 aliphatic carbocycles. The molecule has 1 fully saturated rings. The van der Waals surface area contributed by atoms with E-state index < -0.39 is 5.91 Å². The molecule has 3 aromatic rings. The van der Waals surface area contributed by atoms with Gasteiger partial charge >= 0.3 is 0 Å². The number of nitrogens with one attached hydrogen (secondary N) is 1. The number of carbonyl (C=O) groups excluding carboxylic acids is 3. The molecule has 7 heteroatoms. The molecular weight excluding hydrogens is 456 g/mol. The van der Waals surface area contributed by atoms with Crippen LogP contribution in [0.5, 0.6) is 5.75 Å². The molecule has 1 N–H and O–H groups in total. The summed E-state index contributed by atoms with van der Waals surface area (Å²) in [4.78, 5) is 40.2. The molecule has 1 atom stereocenters. The molecule has 2 aliphatic heterocycles. The predicted octanol–water partition coefficient (Wildman–Crippen LogP) is 4.59. The fourth-order valence-electron chi connectivity index (χ4n) is 4.51. The first-order valence-electron chi connectivity index (χ1n) is 12.1. The van der Waals surface area contributed by atoms with Gasteiger partial charge in [-0.3, -0.25) is 14.4 Å². The number of fused-ring (bicyclic) bond motifs is 1. The summed E-state index contributed by atoms with van der Waals surface area (Å²) in [6.07, 6.45) is 2.26. The van der Waals surface area contributed by atoms with Crippen LogP contribution in [0.2, 0.25) is 0 Å². The highest BCUT2D eigenvalue weighted by Gasteiger charge is 2.37. The smallest absolute Gasteiger partial charge is 0.266 e. The van der Waals surface area contributed by atoms with Crippen LogP contribution in [0.4, 0.5) is 5.69 Å². The fraction of sp³-hybridized carbons (Fsp3) is 0.276. The van der Waals surface area contributed by atoms with E-state index in [4.69, 9.17) is 9.47 Å². The van der Waals surface area contributed by atoms with Gasteiger partial charge in [-0.25, -0.2) is 4.90 Å². The molecule has 3 amide bonds. The minimum absolute atomic E-state index is 0.159. The second-order valence-corrected chi connectivity index (χ2v) is 9.27. The Balaban J connectivity index is 1.23. The van der Waals surface area contributed by atoms with E-state index in [1.165, 1.54) is 11.0 Å². The van der Waals surface area contributed by atoms with Crippen molar-refractivity contribution in [1.82, 2.24) is 5.32 Å². The van der Waals surface area contributed by atoms with Crippen LogP contribution in [-0.4, -0.2) is 37.0 Å². The van der Waals surface area contributed by atoms with E-state index >= 15 is 0 Å². The van der Waals surface area contributed by atoms with Gasteiger partial charge in [-0.1, -0.05) is 24.3 Å². The highest BCUT2D eigenvalue weighted by Crippen LogP contribution is 2.31. The summed E-state index contributed by atoms with van der Waals surface area (Å²) in [5.74, 6) is -0.355. The predicted molar refractivity (Wildman–Crippen MR) is 136 cm³/mol. The van der Waals surface area contributed by atoms with E-state index in [1.54, 1.807) is 12.1 Å². The Labute approximate surface area is 210 Å². The first-order valence-corrected chi connectivity index (χ1v) is 12.1. The molecule has 184 valence electrons. The van der Waals surface area contributed by atoms with Crippen molar-refractivity contribution < 1.29 is 23.9 Å². The highest BCUT2D eigenvalue weighted by molar-refractivity contribution is 6.35. The largest absolute Gasteiger partial charge is 0.491 e. The van der Waals surface area contributed by atoms with Crippen molar-refractivity contribution in [3.05, 3.63) is 94.0 Å². The number of nitrogens with zero attached hydrogens (tertiary/aromatic N) is 1. The van der Waals surface area contributed by atoms with Crippen molar-refractivity contribution >= 4 is 23.4 Å². The summed E-state index contributed by atoms with van der Waals surface area (Å²) in [5, 5.41) is 2.88. The van der Waals surface area contributed by atoms with Crippen LogP contribution < -0.4 is 15.0 Å². The maximum atomic E-state index is 13.1. The summed E-state index contributed by atoms with van der Waals surface area (Å²) in [5.41, 5.74) is 4.13. The highest BCUT2D eigenvalue weighted by atomic mass is 16.5. The van der Waals surface area contributed by atoms with Gasteiger partial charge in [0.05, 0.1) is 22.9 Å². The number of hydrogen-bond donors (Lipinski definition) is 1. The Morgan fingerprint density at radius 1 is 1.00 bits per heavy atom. The van der Waals surface area contributed by atoms with Gasteiger partial charge < -0.3 is 14.8 Å². The number of imide groups is 1. The van der Waals surface area contributed by atoms with Gasteiger partial charge in [0.2, 0.25) is 0 Å². The SMILES string of the molecule is Cc1ccc(C)c(N2C(=O)c3ccc(C(=O)NCc4ccc(OCC5CCCO5)cc4)cc3C2=O)c1. The Morgan fingerprint density at radius 3 is 2.53 bits per heavy atom. The molecule has 1 unspecified atom stereocenters. The van der Waals surface area contributed by atoms with E-state index in [9.17, 15) is 14.4 Å². The van der Waals surface area contributed by atoms with Crippen molar-refractivity contribution in [1.29, 1.82) is 0 Å². The fourth-order valence-corrected chi connectivity index (χ4v) is 4.51. The number of rotatable bonds is 7. The molecule has 7 nitrogen and oxygen atoms in total. The number of hydrogen-bond acceptors (Lipinski definition) is 5. The number of anilines is 1. The van der Waals surface area contributed by atoms with Gasteiger partial charge in [-0.2, -0.15) is 0 Å². The average Bonchev–Trinajstić information content (AvgIpc) is 3.50. The molecule has 3 aromatic carbocycles. The van der Waals surface area contributed by atoms with Gasteiger partial charge in [0.25, 0.3) is 17.7 Å². The van der Waals surface area contributed by atoms with Crippen LogP contribution in [-0.2, 0) is 11.3 Å². The van der Waals surface area contributed by atoms with Crippen molar-refractivity contribution in [2.45, 2.75) is 39.3 Å². The van der Waals surface area contributed by atoms with Crippen LogP contribution in [0.3, 0.4) is 0 Å². The van der Waals surface area contributed by atoms with Crippen LogP contribution >= 0.6 is 0 Å². The Bertz CT molecular complexity index is 1330. The van der Waals surface area contributed by atoms with Crippen molar-refractivity contribution in [3.8, 4) is 5.75 Å². The second kappa shape index (κ2) is 9.95. The van der Waals surface area contributed by atoms with Crippen LogP contribution in [0, 0.1) is 13.8 Å². The lowest BCUT2D eigenvalue weighted by Gasteiger charge is -2.17. The summed E-state index contributed by atoms with van der Waals surface area (Å²) < 4.78 is 11.3. The number of aryl methyl sites for hydroxylation is 2. The summed E-state index contributed by atoms with van der Waals surface area (Å²) in [6, 6.07) is 17.8. The maximum absolute atomic E-state index is 13.1. The van der Waals surface area contributed by atoms with E-state index in [0.29, 0.717) is 30.0 Å². The van der Waals surface area contributed by atoms with Crippen LogP contribution in [0.1, 0.15) is 60.6 Å². The van der Waals surface area contributed by atoms with E-state index in [0.717, 1.165) is 41.9 Å². The number of carbonyl (C=O) groups is 3. The van der Waals surface area contributed by atoms with Gasteiger partial charge in [0, 0.05) is 18.7 Å². The molecule has 0 spiro atoms. The lowest BCUT2D eigenvalue weighted by Crippen LogP contribution is -2.30. The molecule has 2 aliphatic rings. The summed E-state index contributed by atoms with van der Waals surface area (Å²) in [7, 11) is 0. The Morgan fingerprint density at radius 2 is 1.78 bits per heavy atom. The minimum atomic E-state index is -0.419. The normalized spacial score (nSPS) is 16.8. The van der Waals surface area contributed by atoms with E-state index in [1.807, 2.05) is 56.3 Å². The maximum Gasteiger partial charge on any atom is 0.266 e. The third-order valence-corrected chi connectivity index (χ3v) is 6.59. The van der Waals surface area contributed by atoms with Crippen molar-refractivity contribution in [2.75, 3.05) is 18.1 Å². The molecule has 0 radical (unpaired) electrons. The lowest BCUT2D eigenvalue weighted by molar-refractivity contribution is 0.0679. The Hall–Kier alpha value is -3.97. The summed E-state index contributed by atoms with van der Waals surface area (Å²) >= 11 is 0. The van der Waals surface area contributed by atoms with E-state index in [-0.39, 0.29) is 23.5 Å². The van der Waals surface area contributed by atoms with Crippen LogP contribution in [0.25, 0.3) is 0 Å². The Kier molecular flexibility index (Phi) is 6.57. The number of amides is 3. The van der Waals surface area contributed by atoms with Crippen molar-refractivity contribution in [2.24, 2.45) is 0 Å². The number of benzene rings is 3. The monoisotopic (exact) mass is 484 g/mol. The molecule has 0 aromatic heterocycles. The van der Waals surface area contributed by atoms with Crippen molar-refractivity contribution in [3.63, 3.8) is 0 Å². The van der Waals surface area contributed by atoms with Crippen LogP contribution in [0.15, 0.2) is 60.7 Å².